The van der Waals surface area contributed by atoms with Gasteiger partial charge in [0.2, 0.25) is 0 Å². The van der Waals surface area contributed by atoms with Crippen LogP contribution in [0, 0.1) is 0 Å². The summed E-state index contributed by atoms with van der Waals surface area (Å²) >= 11 is 0. The molecule has 0 bridgehead atoms. The molecule has 0 amide bonds. The molecule has 0 aromatic heterocycles. The summed E-state index contributed by atoms with van der Waals surface area (Å²) in [6.07, 6.45) is 8.32. The molecule has 1 aliphatic heterocycles. The monoisotopic (exact) mass is 184 g/mol. The molecule has 1 atom stereocenters. The minimum atomic E-state index is 0.0693. The summed E-state index contributed by atoms with van der Waals surface area (Å²) in [5.74, 6) is 0. The molecule has 1 unspecified atom stereocenters. The first-order valence-electron chi connectivity index (χ1n) is 5.13. The van der Waals surface area contributed by atoms with Gasteiger partial charge in [-0.25, -0.2) is 0 Å². The summed E-state index contributed by atoms with van der Waals surface area (Å²) in [6, 6.07) is 0. The van der Waals surface area contributed by atoms with Gasteiger partial charge >= 0.3 is 0 Å². The SMILES string of the molecule is C/C=C/OCCC1(C)CCCCO1. The number of allylic oxidation sites excluding steroid dienone is 1. The van der Waals surface area contributed by atoms with Crippen molar-refractivity contribution >= 4 is 0 Å². The summed E-state index contributed by atoms with van der Waals surface area (Å²) in [6.45, 7) is 5.82. The third-order valence-electron chi connectivity index (χ3n) is 2.53. The third kappa shape index (κ3) is 3.81. The molecule has 1 heterocycles. The van der Waals surface area contributed by atoms with Crippen molar-refractivity contribution in [2.75, 3.05) is 13.2 Å². The molecule has 13 heavy (non-hydrogen) atoms. The van der Waals surface area contributed by atoms with Gasteiger partial charge in [0.25, 0.3) is 0 Å². The van der Waals surface area contributed by atoms with Gasteiger partial charge in [-0.1, -0.05) is 6.08 Å². The molecule has 0 aromatic rings. The highest BCUT2D eigenvalue weighted by atomic mass is 16.5. The first kappa shape index (κ1) is 10.6. The second-order valence-corrected chi connectivity index (χ2v) is 3.85. The van der Waals surface area contributed by atoms with E-state index in [1.807, 2.05) is 13.0 Å². The predicted octanol–water partition coefficient (Wildman–Crippen LogP) is 2.89. The lowest BCUT2D eigenvalue weighted by atomic mass is 9.93. The lowest BCUT2D eigenvalue weighted by molar-refractivity contribution is -0.0777. The largest absolute Gasteiger partial charge is 0.501 e. The Bertz CT molecular complexity index is 157. The molecule has 0 aliphatic carbocycles. The maximum Gasteiger partial charge on any atom is 0.0900 e. The van der Waals surface area contributed by atoms with Crippen molar-refractivity contribution in [3.63, 3.8) is 0 Å². The van der Waals surface area contributed by atoms with E-state index in [0.29, 0.717) is 0 Å². The Morgan fingerprint density at radius 1 is 1.46 bits per heavy atom. The maximum atomic E-state index is 5.74. The Labute approximate surface area is 80.9 Å². The molecule has 2 nitrogen and oxygen atoms in total. The molecule has 1 rings (SSSR count). The van der Waals surface area contributed by atoms with Crippen LogP contribution in [0.2, 0.25) is 0 Å². The van der Waals surface area contributed by atoms with E-state index in [2.05, 4.69) is 6.92 Å². The van der Waals surface area contributed by atoms with Gasteiger partial charge in [0, 0.05) is 13.0 Å². The van der Waals surface area contributed by atoms with Crippen LogP contribution in [0.3, 0.4) is 0 Å². The number of ether oxygens (including phenoxy) is 2. The molecule has 76 valence electrons. The van der Waals surface area contributed by atoms with Crippen LogP contribution in [0.4, 0.5) is 0 Å². The Morgan fingerprint density at radius 3 is 2.92 bits per heavy atom. The van der Waals surface area contributed by atoms with Crippen LogP contribution in [0.1, 0.15) is 39.5 Å². The van der Waals surface area contributed by atoms with Crippen molar-refractivity contribution in [3.8, 4) is 0 Å². The van der Waals surface area contributed by atoms with Crippen molar-refractivity contribution in [2.24, 2.45) is 0 Å². The Hall–Kier alpha value is -0.500. The normalized spacial score (nSPS) is 29.4. The van der Waals surface area contributed by atoms with Crippen LogP contribution in [0.15, 0.2) is 12.3 Å². The van der Waals surface area contributed by atoms with E-state index in [-0.39, 0.29) is 5.60 Å². The van der Waals surface area contributed by atoms with Crippen molar-refractivity contribution < 1.29 is 9.47 Å². The maximum absolute atomic E-state index is 5.74. The van der Waals surface area contributed by atoms with E-state index in [0.717, 1.165) is 19.6 Å². The highest BCUT2D eigenvalue weighted by Crippen LogP contribution is 2.27. The predicted molar refractivity (Wildman–Crippen MR) is 53.6 cm³/mol. The fraction of sp³-hybridized carbons (Fsp3) is 0.818. The van der Waals surface area contributed by atoms with Gasteiger partial charge in [0.1, 0.15) is 0 Å². The van der Waals surface area contributed by atoms with Gasteiger partial charge in [-0.2, -0.15) is 0 Å². The quantitative estimate of drug-likeness (QED) is 0.494. The van der Waals surface area contributed by atoms with Gasteiger partial charge in [-0.3, -0.25) is 0 Å². The Balaban J connectivity index is 2.17. The lowest BCUT2D eigenvalue weighted by Gasteiger charge is -2.33. The van der Waals surface area contributed by atoms with Gasteiger partial charge in [0.15, 0.2) is 0 Å². The number of rotatable bonds is 4. The molecule has 0 N–H and O–H groups in total. The Morgan fingerprint density at radius 2 is 2.31 bits per heavy atom. The molecule has 1 saturated heterocycles. The smallest absolute Gasteiger partial charge is 0.0900 e. The van der Waals surface area contributed by atoms with E-state index >= 15 is 0 Å². The molecule has 0 spiro atoms. The molecule has 0 saturated carbocycles. The summed E-state index contributed by atoms with van der Waals surface area (Å²) in [4.78, 5) is 0. The molecule has 1 fully saturated rings. The van der Waals surface area contributed by atoms with E-state index in [1.165, 1.54) is 19.3 Å². The summed E-state index contributed by atoms with van der Waals surface area (Å²) in [5, 5.41) is 0. The second kappa shape index (κ2) is 5.28. The van der Waals surface area contributed by atoms with Gasteiger partial charge < -0.3 is 9.47 Å². The third-order valence-corrected chi connectivity index (χ3v) is 2.53. The van der Waals surface area contributed by atoms with E-state index in [1.54, 1.807) is 6.26 Å². The van der Waals surface area contributed by atoms with Crippen LogP contribution >= 0.6 is 0 Å². The molecular weight excluding hydrogens is 164 g/mol. The zero-order chi connectivity index (χ0) is 9.57. The fourth-order valence-electron chi connectivity index (χ4n) is 1.63. The molecular formula is C11H20O2. The zero-order valence-corrected chi connectivity index (χ0v) is 8.71. The van der Waals surface area contributed by atoms with Gasteiger partial charge in [0.05, 0.1) is 18.5 Å². The first-order valence-corrected chi connectivity index (χ1v) is 5.13. The van der Waals surface area contributed by atoms with Crippen LogP contribution in [0.25, 0.3) is 0 Å². The number of hydrogen-bond donors (Lipinski definition) is 0. The van der Waals surface area contributed by atoms with E-state index < -0.39 is 0 Å². The van der Waals surface area contributed by atoms with E-state index in [4.69, 9.17) is 9.47 Å². The van der Waals surface area contributed by atoms with Crippen molar-refractivity contribution in [3.05, 3.63) is 12.3 Å². The highest BCUT2D eigenvalue weighted by molar-refractivity contribution is 4.78. The minimum Gasteiger partial charge on any atom is -0.501 e. The standard InChI is InChI=1S/C11H20O2/c1-3-8-12-10-7-11(2)6-4-5-9-13-11/h3,8H,4-7,9-10H2,1-2H3/b8-3+. The van der Waals surface area contributed by atoms with Crippen LogP contribution < -0.4 is 0 Å². The van der Waals surface area contributed by atoms with Gasteiger partial charge in [-0.05, 0) is 33.1 Å². The molecule has 0 aromatic carbocycles. The lowest BCUT2D eigenvalue weighted by Crippen LogP contribution is -2.33. The van der Waals surface area contributed by atoms with Crippen LogP contribution in [-0.4, -0.2) is 18.8 Å². The average molecular weight is 184 g/mol. The average Bonchev–Trinajstić information content (AvgIpc) is 2.14. The zero-order valence-electron chi connectivity index (χ0n) is 8.71. The summed E-state index contributed by atoms with van der Waals surface area (Å²) in [7, 11) is 0. The first-order chi connectivity index (χ1) is 6.27. The minimum absolute atomic E-state index is 0.0693. The van der Waals surface area contributed by atoms with E-state index in [9.17, 15) is 0 Å². The topological polar surface area (TPSA) is 18.5 Å². The van der Waals surface area contributed by atoms with Crippen molar-refractivity contribution in [1.82, 2.24) is 0 Å². The molecule has 1 aliphatic rings. The second-order valence-electron chi connectivity index (χ2n) is 3.85. The number of hydrogen-bond acceptors (Lipinski definition) is 2. The highest BCUT2D eigenvalue weighted by Gasteiger charge is 2.27. The summed E-state index contributed by atoms with van der Waals surface area (Å²) < 4.78 is 11.0. The van der Waals surface area contributed by atoms with Crippen LogP contribution in [-0.2, 0) is 9.47 Å². The van der Waals surface area contributed by atoms with Crippen molar-refractivity contribution in [1.29, 1.82) is 0 Å². The molecule has 2 heteroatoms. The van der Waals surface area contributed by atoms with Gasteiger partial charge in [-0.15, -0.1) is 0 Å². The molecule has 0 radical (unpaired) electrons. The fourth-order valence-corrected chi connectivity index (χ4v) is 1.63. The van der Waals surface area contributed by atoms with Crippen LogP contribution in [0.5, 0.6) is 0 Å². The van der Waals surface area contributed by atoms with Crippen molar-refractivity contribution in [2.45, 2.75) is 45.1 Å². The Kier molecular flexibility index (Phi) is 4.29. The summed E-state index contributed by atoms with van der Waals surface area (Å²) in [5.41, 5.74) is 0.0693.